The summed E-state index contributed by atoms with van der Waals surface area (Å²) in [6.45, 7) is 5.61. The maximum atomic E-state index is 6.22. The molecule has 1 aliphatic heterocycles. The van der Waals surface area contributed by atoms with E-state index in [1.165, 1.54) is 30.7 Å². The van der Waals surface area contributed by atoms with Crippen molar-refractivity contribution in [1.29, 1.82) is 0 Å². The smallest absolute Gasteiger partial charge is 0.0991 e. The molecule has 0 saturated carbocycles. The fourth-order valence-corrected chi connectivity index (χ4v) is 4.15. The zero-order valence-electron chi connectivity index (χ0n) is 10.9. The second-order valence-corrected chi connectivity index (χ2v) is 7.39. The zero-order chi connectivity index (χ0) is 13.1. The normalized spacial score (nSPS) is 22.4. The molecule has 1 aromatic rings. The Labute approximate surface area is 123 Å². The summed E-state index contributed by atoms with van der Waals surface area (Å²) >= 11 is 13.7. The molecule has 0 aromatic carbocycles. The third-order valence-corrected chi connectivity index (χ3v) is 5.26. The van der Waals surface area contributed by atoms with Crippen molar-refractivity contribution in [1.82, 2.24) is 10.2 Å². The van der Waals surface area contributed by atoms with E-state index in [1.807, 2.05) is 6.07 Å². The largest absolute Gasteiger partial charge is 0.316 e. The van der Waals surface area contributed by atoms with Crippen LogP contribution in [0.25, 0.3) is 0 Å². The molecule has 0 spiro atoms. The molecule has 5 heteroatoms. The van der Waals surface area contributed by atoms with Crippen LogP contribution in [0.3, 0.4) is 0 Å². The second kappa shape index (κ2) is 6.58. The van der Waals surface area contributed by atoms with Gasteiger partial charge in [0.05, 0.1) is 8.67 Å². The summed E-state index contributed by atoms with van der Waals surface area (Å²) in [6.07, 6.45) is 2.61. The maximum absolute atomic E-state index is 6.22. The Morgan fingerprint density at radius 2 is 2.33 bits per heavy atom. The van der Waals surface area contributed by atoms with E-state index >= 15 is 0 Å². The first kappa shape index (κ1) is 14.6. The van der Waals surface area contributed by atoms with Gasteiger partial charge in [0.25, 0.3) is 0 Å². The van der Waals surface area contributed by atoms with Gasteiger partial charge >= 0.3 is 0 Å². The SMILES string of the molecule is CC(c1cc(Cl)sc1Cl)N(C)CC1CCCNC1. The second-order valence-electron chi connectivity index (χ2n) is 5.11. The number of rotatable bonds is 4. The first-order chi connectivity index (χ1) is 8.58. The number of nitrogens with one attached hydrogen (secondary N) is 1. The molecule has 2 unspecified atom stereocenters. The summed E-state index contributed by atoms with van der Waals surface area (Å²) in [6, 6.07) is 2.32. The molecule has 1 N–H and O–H groups in total. The van der Waals surface area contributed by atoms with E-state index in [4.69, 9.17) is 23.2 Å². The third-order valence-electron chi connectivity index (χ3n) is 3.74. The molecule has 0 amide bonds. The summed E-state index contributed by atoms with van der Waals surface area (Å²) in [7, 11) is 2.17. The summed E-state index contributed by atoms with van der Waals surface area (Å²) < 4.78 is 1.59. The van der Waals surface area contributed by atoms with Gasteiger partial charge in [-0.2, -0.15) is 0 Å². The number of thiophene rings is 1. The van der Waals surface area contributed by atoms with Crippen molar-refractivity contribution in [3.8, 4) is 0 Å². The lowest BCUT2D eigenvalue weighted by Crippen LogP contribution is -2.37. The van der Waals surface area contributed by atoms with Crippen molar-refractivity contribution in [3.05, 3.63) is 20.3 Å². The van der Waals surface area contributed by atoms with E-state index in [0.29, 0.717) is 6.04 Å². The van der Waals surface area contributed by atoms with Gasteiger partial charge in [0, 0.05) is 18.2 Å². The average molecular weight is 307 g/mol. The van der Waals surface area contributed by atoms with E-state index in [1.54, 1.807) is 0 Å². The molecule has 0 aliphatic carbocycles. The Morgan fingerprint density at radius 3 is 2.89 bits per heavy atom. The quantitative estimate of drug-likeness (QED) is 0.903. The molecule has 1 aromatic heterocycles. The lowest BCUT2D eigenvalue weighted by atomic mass is 9.98. The van der Waals surface area contributed by atoms with E-state index in [9.17, 15) is 0 Å². The van der Waals surface area contributed by atoms with Gasteiger partial charge in [-0.1, -0.05) is 23.2 Å². The Morgan fingerprint density at radius 1 is 1.56 bits per heavy atom. The summed E-state index contributed by atoms with van der Waals surface area (Å²) in [5.74, 6) is 0.749. The predicted molar refractivity (Wildman–Crippen MR) is 81.0 cm³/mol. The summed E-state index contributed by atoms with van der Waals surface area (Å²) in [5, 5.41) is 3.46. The minimum absolute atomic E-state index is 0.322. The van der Waals surface area contributed by atoms with Gasteiger partial charge in [-0.15, -0.1) is 11.3 Å². The Balaban J connectivity index is 1.95. The topological polar surface area (TPSA) is 15.3 Å². The van der Waals surface area contributed by atoms with Gasteiger partial charge in [0.15, 0.2) is 0 Å². The highest BCUT2D eigenvalue weighted by molar-refractivity contribution is 7.20. The summed E-state index contributed by atoms with van der Waals surface area (Å²) in [4.78, 5) is 2.38. The number of hydrogen-bond donors (Lipinski definition) is 1. The molecule has 2 nitrogen and oxygen atoms in total. The molecule has 18 heavy (non-hydrogen) atoms. The highest BCUT2D eigenvalue weighted by Crippen LogP contribution is 2.36. The number of halogens is 2. The molecule has 1 aliphatic rings. The maximum Gasteiger partial charge on any atom is 0.0991 e. The molecule has 2 rings (SSSR count). The van der Waals surface area contributed by atoms with Crippen molar-refractivity contribution >= 4 is 34.5 Å². The molecule has 1 saturated heterocycles. The van der Waals surface area contributed by atoms with Gasteiger partial charge in [0.1, 0.15) is 0 Å². The van der Waals surface area contributed by atoms with Crippen molar-refractivity contribution in [2.45, 2.75) is 25.8 Å². The van der Waals surface area contributed by atoms with Gasteiger partial charge in [-0.25, -0.2) is 0 Å². The lowest BCUT2D eigenvalue weighted by molar-refractivity contribution is 0.199. The van der Waals surface area contributed by atoms with Gasteiger partial charge in [-0.05, 0) is 51.9 Å². The van der Waals surface area contributed by atoms with E-state index in [2.05, 4.69) is 24.2 Å². The van der Waals surface area contributed by atoms with Crippen LogP contribution < -0.4 is 5.32 Å². The molecule has 102 valence electrons. The lowest BCUT2D eigenvalue weighted by Gasteiger charge is -2.31. The van der Waals surface area contributed by atoms with Crippen LogP contribution in [0.15, 0.2) is 6.07 Å². The predicted octanol–water partition coefficient (Wildman–Crippen LogP) is 4.05. The monoisotopic (exact) mass is 306 g/mol. The molecular weight excluding hydrogens is 287 g/mol. The Kier molecular flexibility index (Phi) is 5.34. The molecule has 1 fully saturated rings. The fourth-order valence-electron chi connectivity index (χ4n) is 2.52. The fraction of sp³-hybridized carbons (Fsp3) is 0.692. The van der Waals surface area contributed by atoms with Crippen LogP contribution in [0.4, 0.5) is 0 Å². The Hall–Kier alpha value is 0.200. The van der Waals surface area contributed by atoms with Crippen LogP contribution in [0.1, 0.15) is 31.4 Å². The number of piperidine rings is 1. The zero-order valence-corrected chi connectivity index (χ0v) is 13.2. The van der Waals surface area contributed by atoms with Crippen molar-refractivity contribution in [2.24, 2.45) is 5.92 Å². The molecule has 2 heterocycles. The Bertz CT molecular complexity index is 388. The van der Waals surface area contributed by atoms with Crippen LogP contribution in [0.5, 0.6) is 0 Å². The standard InChI is InChI=1S/C13H20Cl2N2S/c1-9(11-6-12(14)18-13(11)15)17(2)8-10-4-3-5-16-7-10/h6,9-10,16H,3-5,7-8H2,1-2H3. The molecule has 0 bridgehead atoms. The minimum Gasteiger partial charge on any atom is -0.316 e. The van der Waals surface area contributed by atoms with Crippen molar-refractivity contribution in [2.75, 3.05) is 26.7 Å². The highest BCUT2D eigenvalue weighted by Gasteiger charge is 2.21. The number of hydrogen-bond acceptors (Lipinski definition) is 3. The first-order valence-electron chi connectivity index (χ1n) is 6.43. The van der Waals surface area contributed by atoms with Crippen molar-refractivity contribution < 1.29 is 0 Å². The van der Waals surface area contributed by atoms with Crippen LogP contribution in [-0.4, -0.2) is 31.6 Å². The van der Waals surface area contributed by atoms with Gasteiger partial charge < -0.3 is 5.32 Å². The van der Waals surface area contributed by atoms with E-state index in [0.717, 1.165) is 33.2 Å². The van der Waals surface area contributed by atoms with Crippen molar-refractivity contribution in [3.63, 3.8) is 0 Å². The van der Waals surface area contributed by atoms with Crippen LogP contribution in [0.2, 0.25) is 8.67 Å². The van der Waals surface area contributed by atoms with E-state index < -0.39 is 0 Å². The van der Waals surface area contributed by atoms with Gasteiger partial charge in [-0.3, -0.25) is 4.90 Å². The first-order valence-corrected chi connectivity index (χ1v) is 8.01. The minimum atomic E-state index is 0.322. The summed E-state index contributed by atoms with van der Waals surface area (Å²) in [5.41, 5.74) is 1.15. The average Bonchev–Trinajstić information content (AvgIpc) is 2.68. The van der Waals surface area contributed by atoms with Crippen LogP contribution >= 0.6 is 34.5 Å². The molecular formula is C13H20Cl2N2S. The third kappa shape index (κ3) is 3.61. The van der Waals surface area contributed by atoms with Crippen LogP contribution in [0, 0.1) is 5.92 Å². The molecule has 2 atom stereocenters. The van der Waals surface area contributed by atoms with E-state index in [-0.39, 0.29) is 0 Å². The highest BCUT2D eigenvalue weighted by atomic mass is 35.5. The van der Waals surface area contributed by atoms with Gasteiger partial charge in [0.2, 0.25) is 0 Å². The van der Waals surface area contributed by atoms with Crippen LogP contribution in [-0.2, 0) is 0 Å². The molecule has 0 radical (unpaired) electrons. The number of nitrogens with zero attached hydrogens (tertiary/aromatic N) is 1.